The van der Waals surface area contributed by atoms with E-state index in [-0.39, 0.29) is 5.91 Å². The zero-order chi connectivity index (χ0) is 17.5. The highest BCUT2D eigenvalue weighted by molar-refractivity contribution is 5.94. The predicted octanol–water partition coefficient (Wildman–Crippen LogP) is 4.21. The number of likely N-dealkylation sites (tertiary alicyclic amines) is 1. The lowest BCUT2D eigenvalue weighted by atomic mass is 10.0. The fraction of sp³-hybridized carbons (Fsp3) is 0.409. The average Bonchev–Trinajstić information content (AvgIpc) is 2.69. The molecule has 0 aromatic heterocycles. The summed E-state index contributed by atoms with van der Waals surface area (Å²) in [5.74, 6) is 0.665. The van der Waals surface area contributed by atoms with E-state index in [1.54, 1.807) is 0 Å². The van der Waals surface area contributed by atoms with Crippen LogP contribution in [0.5, 0.6) is 0 Å². The Morgan fingerprint density at radius 1 is 1.00 bits per heavy atom. The van der Waals surface area contributed by atoms with Crippen LogP contribution in [0.1, 0.15) is 53.6 Å². The van der Waals surface area contributed by atoms with Crippen molar-refractivity contribution < 1.29 is 4.79 Å². The third-order valence-corrected chi connectivity index (χ3v) is 4.99. The summed E-state index contributed by atoms with van der Waals surface area (Å²) in [6, 6.07) is 18.6. The summed E-state index contributed by atoms with van der Waals surface area (Å²) in [6.07, 6.45) is 3.51. The van der Waals surface area contributed by atoms with Crippen LogP contribution in [0.3, 0.4) is 0 Å². The number of rotatable bonds is 6. The normalized spacial score (nSPS) is 15.8. The van der Waals surface area contributed by atoms with Crippen LogP contribution < -0.4 is 5.32 Å². The number of hydrogen-bond acceptors (Lipinski definition) is 2. The van der Waals surface area contributed by atoms with Crippen LogP contribution in [0.2, 0.25) is 0 Å². The molecule has 1 amide bonds. The summed E-state index contributed by atoms with van der Waals surface area (Å²) in [7, 11) is 0. The smallest absolute Gasteiger partial charge is 0.253 e. The lowest BCUT2D eigenvalue weighted by Crippen LogP contribution is -2.35. The predicted molar refractivity (Wildman–Crippen MR) is 103 cm³/mol. The highest BCUT2D eigenvalue weighted by Gasteiger charge is 2.17. The van der Waals surface area contributed by atoms with Crippen molar-refractivity contribution in [3.8, 4) is 0 Å². The van der Waals surface area contributed by atoms with Gasteiger partial charge in [0.25, 0.3) is 5.91 Å². The molecule has 1 heterocycles. The standard InChI is InChI=1S/C22H28N2O/c1-18(20-8-4-2-5-9-20)16-23-17-19-10-12-21(13-11-19)22(25)24-14-6-3-7-15-24/h2,4-5,8-13,18,23H,3,6-7,14-17H2,1H3. The van der Waals surface area contributed by atoms with E-state index in [1.165, 1.54) is 17.5 Å². The van der Waals surface area contributed by atoms with Crippen LogP contribution in [0, 0.1) is 0 Å². The van der Waals surface area contributed by atoms with Crippen molar-refractivity contribution in [3.63, 3.8) is 0 Å². The molecule has 1 atom stereocenters. The Labute approximate surface area is 151 Å². The third kappa shape index (κ3) is 4.93. The van der Waals surface area contributed by atoms with Gasteiger partial charge in [-0.3, -0.25) is 4.79 Å². The molecule has 1 fully saturated rings. The van der Waals surface area contributed by atoms with Gasteiger partial charge in [-0.05, 0) is 48.4 Å². The second-order valence-electron chi connectivity index (χ2n) is 6.99. The number of amides is 1. The van der Waals surface area contributed by atoms with Crippen molar-refractivity contribution >= 4 is 5.91 Å². The molecule has 1 N–H and O–H groups in total. The first-order valence-electron chi connectivity index (χ1n) is 9.38. The zero-order valence-electron chi connectivity index (χ0n) is 15.1. The maximum atomic E-state index is 12.5. The maximum Gasteiger partial charge on any atom is 0.253 e. The zero-order valence-corrected chi connectivity index (χ0v) is 15.1. The molecule has 1 saturated heterocycles. The molecule has 3 heteroatoms. The highest BCUT2D eigenvalue weighted by atomic mass is 16.2. The molecule has 0 radical (unpaired) electrons. The minimum Gasteiger partial charge on any atom is -0.339 e. The molecule has 1 aliphatic rings. The Balaban J connectivity index is 1.48. The van der Waals surface area contributed by atoms with Gasteiger partial charge in [-0.25, -0.2) is 0 Å². The number of carbonyl (C=O) groups excluding carboxylic acids is 1. The van der Waals surface area contributed by atoms with Crippen molar-refractivity contribution in [2.45, 2.75) is 38.6 Å². The van der Waals surface area contributed by atoms with Gasteiger partial charge in [-0.15, -0.1) is 0 Å². The van der Waals surface area contributed by atoms with Crippen LogP contribution in [0.4, 0.5) is 0 Å². The van der Waals surface area contributed by atoms with Gasteiger partial charge in [0.1, 0.15) is 0 Å². The molecule has 25 heavy (non-hydrogen) atoms. The van der Waals surface area contributed by atoms with Crippen molar-refractivity contribution in [2.24, 2.45) is 0 Å². The Kier molecular flexibility index (Phi) is 6.24. The van der Waals surface area contributed by atoms with E-state index in [0.717, 1.165) is 44.6 Å². The van der Waals surface area contributed by atoms with Gasteiger partial charge in [0, 0.05) is 31.7 Å². The molecular formula is C22H28N2O. The van der Waals surface area contributed by atoms with Crippen molar-refractivity contribution in [2.75, 3.05) is 19.6 Å². The quantitative estimate of drug-likeness (QED) is 0.857. The Bertz CT molecular complexity index is 660. The van der Waals surface area contributed by atoms with Crippen molar-refractivity contribution in [3.05, 3.63) is 71.3 Å². The SMILES string of the molecule is CC(CNCc1ccc(C(=O)N2CCCCC2)cc1)c1ccccc1. The second-order valence-corrected chi connectivity index (χ2v) is 6.99. The number of nitrogens with one attached hydrogen (secondary N) is 1. The lowest BCUT2D eigenvalue weighted by Gasteiger charge is -2.26. The fourth-order valence-electron chi connectivity index (χ4n) is 3.38. The molecule has 132 valence electrons. The van der Waals surface area contributed by atoms with E-state index in [1.807, 2.05) is 17.0 Å². The maximum absolute atomic E-state index is 12.5. The van der Waals surface area contributed by atoms with E-state index >= 15 is 0 Å². The molecular weight excluding hydrogens is 308 g/mol. The van der Waals surface area contributed by atoms with E-state index in [4.69, 9.17) is 0 Å². The summed E-state index contributed by atoms with van der Waals surface area (Å²) in [4.78, 5) is 14.5. The highest BCUT2D eigenvalue weighted by Crippen LogP contribution is 2.15. The first kappa shape index (κ1) is 17.7. The minimum atomic E-state index is 0.178. The fourth-order valence-corrected chi connectivity index (χ4v) is 3.38. The van der Waals surface area contributed by atoms with Gasteiger partial charge in [-0.2, -0.15) is 0 Å². The van der Waals surface area contributed by atoms with Gasteiger partial charge >= 0.3 is 0 Å². The molecule has 2 aromatic carbocycles. The van der Waals surface area contributed by atoms with E-state index in [2.05, 4.69) is 54.7 Å². The van der Waals surface area contributed by atoms with Gasteiger partial charge in [0.15, 0.2) is 0 Å². The van der Waals surface area contributed by atoms with Crippen LogP contribution in [0.25, 0.3) is 0 Å². The summed E-state index contributed by atoms with van der Waals surface area (Å²) in [5, 5.41) is 3.52. The van der Waals surface area contributed by atoms with E-state index in [9.17, 15) is 4.79 Å². The summed E-state index contributed by atoms with van der Waals surface area (Å²) in [5.41, 5.74) is 3.39. The second kappa shape index (κ2) is 8.82. The summed E-state index contributed by atoms with van der Waals surface area (Å²) < 4.78 is 0. The van der Waals surface area contributed by atoms with Gasteiger partial charge in [0.05, 0.1) is 0 Å². The van der Waals surface area contributed by atoms with Crippen molar-refractivity contribution in [1.29, 1.82) is 0 Å². The van der Waals surface area contributed by atoms with Gasteiger partial charge in [-0.1, -0.05) is 49.4 Å². The van der Waals surface area contributed by atoms with E-state index < -0.39 is 0 Å². The van der Waals surface area contributed by atoms with Crippen LogP contribution in [0.15, 0.2) is 54.6 Å². The lowest BCUT2D eigenvalue weighted by molar-refractivity contribution is 0.0724. The number of carbonyl (C=O) groups is 1. The van der Waals surface area contributed by atoms with Crippen LogP contribution in [-0.4, -0.2) is 30.4 Å². The molecule has 1 aliphatic heterocycles. The largest absolute Gasteiger partial charge is 0.339 e. The Hall–Kier alpha value is -2.13. The van der Waals surface area contributed by atoms with E-state index in [0.29, 0.717) is 5.92 Å². The first-order chi connectivity index (χ1) is 12.2. The monoisotopic (exact) mass is 336 g/mol. The molecule has 0 saturated carbocycles. The molecule has 3 nitrogen and oxygen atoms in total. The average molecular weight is 336 g/mol. The molecule has 0 aliphatic carbocycles. The van der Waals surface area contributed by atoms with Crippen LogP contribution in [-0.2, 0) is 6.54 Å². The topological polar surface area (TPSA) is 32.3 Å². The molecule has 1 unspecified atom stereocenters. The van der Waals surface area contributed by atoms with Gasteiger partial charge in [0.2, 0.25) is 0 Å². The number of hydrogen-bond donors (Lipinski definition) is 1. The van der Waals surface area contributed by atoms with Gasteiger partial charge < -0.3 is 10.2 Å². The Morgan fingerprint density at radius 2 is 1.68 bits per heavy atom. The number of nitrogens with zero attached hydrogens (tertiary/aromatic N) is 1. The molecule has 2 aromatic rings. The summed E-state index contributed by atoms with van der Waals surface area (Å²) >= 11 is 0. The first-order valence-corrected chi connectivity index (χ1v) is 9.38. The number of benzene rings is 2. The molecule has 0 bridgehead atoms. The van der Waals surface area contributed by atoms with Crippen LogP contribution >= 0.6 is 0 Å². The number of piperidine rings is 1. The Morgan fingerprint density at radius 3 is 2.36 bits per heavy atom. The molecule has 3 rings (SSSR count). The summed E-state index contributed by atoms with van der Waals surface area (Å²) in [6.45, 7) is 5.82. The minimum absolute atomic E-state index is 0.178. The molecule has 0 spiro atoms. The van der Waals surface area contributed by atoms with Crippen molar-refractivity contribution in [1.82, 2.24) is 10.2 Å². The third-order valence-electron chi connectivity index (χ3n) is 4.99.